The first-order chi connectivity index (χ1) is 11.5. The zero-order valence-corrected chi connectivity index (χ0v) is 13.9. The Bertz CT molecular complexity index is 887. The van der Waals surface area contributed by atoms with Gasteiger partial charge in [-0.1, -0.05) is 11.6 Å². The van der Waals surface area contributed by atoms with Crippen LogP contribution in [-0.2, 0) is 0 Å². The van der Waals surface area contributed by atoms with Gasteiger partial charge in [0.15, 0.2) is 5.13 Å². The first kappa shape index (κ1) is 16.1. The average Bonchev–Trinajstić information content (AvgIpc) is 3.03. The molecule has 24 heavy (non-hydrogen) atoms. The minimum absolute atomic E-state index is 0.0686. The predicted molar refractivity (Wildman–Crippen MR) is 93.6 cm³/mol. The van der Waals surface area contributed by atoms with Crippen molar-refractivity contribution in [1.29, 1.82) is 0 Å². The van der Waals surface area contributed by atoms with Crippen LogP contribution in [0.1, 0.15) is 5.56 Å². The summed E-state index contributed by atoms with van der Waals surface area (Å²) in [5.74, 6) is 0.151. The Hall–Kier alpha value is -2.78. The second-order valence-electron chi connectivity index (χ2n) is 4.72. The Morgan fingerprint density at radius 2 is 1.96 bits per heavy atom. The Labute approximate surface area is 145 Å². The number of nitrogens with one attached hydrogen (secondary N) is 2. The largest absolute Gasteiger partial charge is 0.353 e. The Morgan fingerprint density at radius 1 is 1.21 bits per heavy atom. The maximum absolute atomic E-state index is 11.5. The lowest BCUT2D eigenvalue weighted by Crippen LogP contribution is -2.06. The Balaban J connectivity index is 1.99. The number of hydrogen-bond donors (Lipinski definition) is 2. The number of thiazole rings is 1. The lowest BCUT2D eigenvalue weighted by molar-refractivity contribution is -0.383. The molecule has 0 bridgehead atoms. The summed E-state index contributed by atoms with van der Waals surface area (Å²) in [4.78, 5) is 23.0. The summed E-state index contributed by atoms with van der Waals surface area (Å²) in [6, 6.07) is 5.18. The lowest BCUT2D eigenvalue weighted by Gasteiger charge is -2.11. The number of aromatic nitrogens is 3. The van der Waals surface area contributed by atoms with E-state index in [0.717, 1.165) is 5.56 Å². The molecule has 0 aliphatic heterocycles. The van der Waals surface area contributed by atoms with Crippen LogP contribution in [0.25, 0.3) is 0 Å². The fourth-order valence-corrected chi connectivity index (χ4v) is 2.77. The second-order valence-corrected chi connectivity index (χ2v) is 6.05. The number of nitrogens with zero attached hydrogens (tertiary/aromatic N) is 4. The molecular weight excluding hydrogens is 352 g/mol. The first-order valence-corrected chi connectivity index (χ1v) is 7.99. The summed E-state index contributed by atoms with van der Waals surface area (Å²) in [7, 11) is 0. The van der Waals surface area contributed by atoms with Crippen molar-refractivity contribution in [3.05, 3.63) is 56.8 Å². The lowest BCUT2D eigenvalue weighted by atomic mass is 10.2. The van der Waals surface area contributed by atoms with Crippen LogP contribution in [0.4, 0.5) is 28.1 Å². The molecule has 0 aliphatic rings. The highest BCUT2D eigenvalue weighted by molar-refractivity contribution is 7.13. The molecule has 10 heteroatoms. The quantitative estimate of drug-likeness (QED) is 0.515. The summed E-state index contributed by atoms with van der Waals surface area (Å²) in [6.45, 7) is 1.84. The van der Waals surface area contributed by atoms with Gasteiger partial charge in [-0.05, 0) is 30.7 Å². The molecule has 0 amide bonds. The third kappa shape index (κ3) is 3.42. The van der Waals surface area contributed by atoms with Crippen LogP contribution in [0.5, 0.6) is 0 Å². The van der Waals surface area contributed by atoms with Gasteiger partial charge < -0.3 is 10.6 Å². The van der Waals surface area contributed by atoms with Gasteiger partial charge in [0, 0.05) is 22.3 Å². The van der Waals surface area contributed by atoms with Crippen LogP contribution in [0.2, 0.25) is 5.02 Å². The predicted octanol–water partition coefficient (Wildman–Crippen LogP) is 4.29. The van der Waals surface area contributed by atoms with Crippen LogP contribution in [0.15, 0.2) is 36.1 Å². The molecule has 3 rings (SSSR count). The van der Waals surface area contributed by atoms with E-state index in [1.54, 1.807) is 29.8 Å². The highest BCUT2D eigenvalue weighted by Gasteiger charge is 2.24. The molecule has 2 N–H and O–H groups in total. The molecule has 0 aliphatic carbocycles. The van der Waals surface area contributed by atoms with E-state index in [0.29, 0.717) is 15.8 Å². The number of hydrogen-bond acceptors (Lipinski definition) is 8. The Kier molecular flexibility index (Phi) is 4.54. The van der Waals surface area contributed by atoms with E-state index in [2.05, 4.69) is 25.6 Å². The number of anilines is 4. The maximum atomic E-state index is 11.5. The zero-order valence-electron chi connectivity index (χ0n) is 12.4. The standard InChI is InChI=1S/C14H11ClN6O2S/c1-8-6-9(15)2-3-10(8)19-12-11(21(22)23)13(18-7-17-12)20-14-16-4-5-24-14/h2-7H,1H3,(H2,16,17,18,19,20). The SMILES string of the molecule is Cc1cc(Cl)ccc1Nc1ncnc(Nc2nccs2)c1[N+](=O)[O-]. The van der Waals surface area contributed by atoms with Crippen molar-refractivity contribution in [1.82, 2.24) is 15.0 Å². The summed E-state index contributed by atoms with van der Waals surface area (Å²) in [5.41, 5.74) is 1.24. The van der Waals surface area contributed by atoms with E-state index in [9.17, 15) is 10.1 Å². The fourth-order valence-electron chi connectivity index (χ4n) is 2.02. The number of rotatable bonds is 5. The highest BCUT2D eigenvalue weighted by atomic mass is 35.5. The van der Waals surface area contributed by atoms with Crippen molar-refractivity contribution in [3.8, 4) is 0 Å². The van der Waals surface area contributed by atoms with Crippen molar-refractivity contribution < 1.29 is 4.92 Å². The van der Waals surface area contributed by atoms with Crippen molar-refractivity contribution in [2.45, 2.75) is 6.92 Å². The van der Waals surface area contributed by atoms with E-state index in [4.69, 9.17) is 11.6 Å². The van der Waals surface area contributed by atoms with E-state index in [1.165, 1.54) is 17.7 Å². The van der Waals surface area contributed by atoms with Gasteiger partial charge in [-0.3, -0.25) is 10.1 Å². The molecule has 2 aromatic heterocycles. The smallest absolute Gasteiger partial charge is 0.334 e. The molecule has 8 nitrogen and oxygen atoms in total. The minimum atomic E-state index is -0.538. The normalized spacial score (nSPS) is 10.4. The first-order valence-electron chi connectivity index (χ1n) is 6.73. The molecule has 2 heterocycles. The van der Waals surface area contributed by atoms with Crippen molar-refractivity contribution in [2.24, 2.45) is 0 Å². The van der Waals surface area contributed by atoms with E-state index in [1.807, 2.05) is 6.92 Å². The van der Waals surface area contributed by atoms with Gasteiger partial charge in [0.1, 0.15) is 6.33 Å². The van der Waals surface area contributed by atoms with Crippen LogP contribution in [0.3, 0.4) is 0 Å². The maximum Gasteiger partial charge on any atom is 0.353 e. The van der Waals surface area contributed by atoms with Crippen LogP contribution in [0, 0.1) is 17.0 Å². The third-order valence-electron chi connectivity index (χ3n) is 3.10. The molecule has 0 unspecified atom stereocenters. The summed E-state index contributed by atoms with van der Waals surface area (Å²) >= 11 is 7.24. The topological polar surface area (TPSA) is 106 Å². The second kappa shape index (κ2) is 6.77. The molecule has 0 saturated carbocycles. The molecular formula is C14H11ClN6O2S. The number of nitro groups is 1. The van der Waals surface area contributed by atoms with Gasteiger partial charge >= 0.3 is 5.69 Å². The van der Waals surface area contributed by atoms with Crippen LogP contribution < -0.4 is 10.6 Å². The number of halogens is 1. The number of aryl methyl sites for hydroxylation is 1. The van der Waals surface area contributed by atoms with E-state index < -0.39 is 4.92 Å². The van der Waals surface area contributed by atoms with Crippen LogP contribution >= 0.6 is 22.9 Å². The van der Waals surface area contributed by atoms with E-state index >= 15 is 0 Å². The molecule has 0 atom stereocenters. The minimum Gasteiger partial charge on any atom is -0.334 e. The fraction of sp³-hybridized carbons (Fsp3) is 0.0714. The van der Waals surface area contributed by atoms with Gasteiger partial charge in [-0.25, -0.2) is 15.0 Å². The van der Waals surface area contributed by atoms with Gasteiger partial charge in [0.05, 0.1) is 4.92 Å². The van der Waals surface area contributed by atoms with Gasteiger partial charge in [-0.2, -0.15) is 0 Å². The molecule has 3 aromatic rings. The highest BCUT2D eigenvalue weighted by Crippen LogP contribution is 2.34. The third-order valence-corrected chi connectivity index (χ3v) is 4.03. The average molecular weight is 363 g/mol. The molecule has 0 saturated heterocycles. The van der Waals surface area contributed by atoms with Crippen LogP contribution in [-0.4, -0.2) is 19.9 Å². The molecule has 0 radical (unpaired) electrons. The summed E-state index contributed by atoms with van der Waals surface area (Å²) in [5, 5.41) is 20.2. The van der Waals surface area contributed by atoms with Gasteiger partial charge in [0.25, 0.3) is 0 Å². The monoisotopic (exact) mass is 362 g/mol. The van der Waals surface area contributed by atoms with Gasteiger partial charge in [0.2, 0.25) is 11.6 Å². The Morgan fingerprint density at radius 3 is 2.58 bits per heavy atom. The number of benzene rings is 1. The molecule has 0 fully saturated rings. The molecule has 1 aromatic carbocycles. The van der Waals surface area contributed by atoms with E-state index in [-0.39, 0.29) is 17.3 Å². The summed E-state index contributed by atoms with van der Waals surface area (Å²) in [6.07, 6.45) is 2.84. The molecule has 122 valence electrons. The van der Waals surface area contributed by atoms with Crippen molar-refractivity contribution in [3.63, 3.8) is 0 Å². The summed E-state index contributed by atoms with van der Waals surface area (Å²) < 4.78 is 0. The molecule has 0 spiro atoms. The van der Waals surface area contributed by atoms with Crippen molar-refractivity contribution >= 4 is 51.1 Å². The zero-order chi connectivity index (χ0) is 17.1. The van der Waals surface area contributed by atoms with Crippen molar-refractivity contribution in [2.75, 3.05) is 10.6 Å². The van der Waals surface area contributed by atoms with Gasteiger partial charge in [-0.15, -0.1) is 11.3 Å².